The van der Waals surface area contributed by atoms with Gasteiger partial charge in [0.05, 0.1) is 26.8 Å². The van der Waals surface area contributed by atoms with E-state index in [0.717, 1.165) is 53.5 Å². The number of fused-ring (bicyclic) bond motifs is 1. The zero-order valence-electron chi connectivity index (χ0n) is 25.9. The summed E-state index contributed by atoms with van der Waals surface area (Å²) in [6.45, 7) is 5.96. The summed E-state index contributed by atoms with van der Waals surface area (Å²) in [5, 5.41) is 5.48. The number of likely N-dealkylation sites (tertiary alicyclic amines) is 1. The van der Waals surface area contributed by atoms with Gasteiger partial charge in [-0.1, -0.05) is 24.3 Å². The van der Waals surface area contributed by atoms with Gasteiger partial charge in [-0.2, -0.15) is 0 Å². The monoisotopic (exact) mass is 651 g/mol. The van der Waals surface area contributed by atoms with Crippen LogP contribution < -0.4 is 15.4 Å². The third-order valence-corrected chi connectivity index (χ3v) is 9.55. The van der Waals surface area contributed by atoms with Crippen LogP contribution in [0.2, 0.25) is 0 Å². The third-order valence-electron chi connectivity index (χ3n) is 8.39. The van der Waals surface area contributed by atoms with Crippen LogP contribution in [0.1, 0.15) is 15.9 Å². The summed E-state index contributed by atoms with van der Waals surface area (Å²) in [7, 11) is 2.15. The minimum atomic E-state index is -0.620. The number of rotatable bonds is 8. The van der Waals surface area contributed by atoms with Gasteiger partial charge in [0.2, 0.25) is 0 Å². The minimum absolute atomic E-state index is 0.0267. The van der Waals surface area contributed by atoms with E-state index in [1.54, 1.807) is 35.4 Å². The number of hydrogen-bond acceptors (Lipinski definition) is 8. The molecule has 240 valence electrons. The predicted molar refractivity (Wildman–Crippen MR) is 180 cm³/mol. The van der Waals surface area contributed by atoms with Crippen LogP contribution in [0.5, 0.6) is 11.5 Å². The number of carbonyl (C=O) groups excluding carboxylic acids is 2. The maximum atomic E-state index is 15.2. The summed E-state index contributed by atoms with van der Waals surface area (Å²) in [6.07, 6.45) is 3.57. The van der Waals surface area contributed by atoms with Crippen LogP contribution >= 0.6 is 11.3 Å². The highest BCUT2D eigenvalue weighted by Crippen LogP contribution is 2.39. The van der Waals surface area contributed by atoms with Crippen LogP contribution in [0.4, 0.5) is 14.9 Å². The van der Waals surface area contributed by atoms with E-state index in [1.165, 1.54) is 29.0 Å². The number of benzene rings is 2. The van der Waals surface area contributed by atoms with E-state index < -0.39 is 11.8 Å². The van der Waals surface area contributed by atoms with Gasteiger partial charge in [-0.15, -0.1) is 11.3 Å². The van der Waals surface area contributed by atoms with E-state index in [1.807, 2.05) is 36.5 Å². The molecule has 0 aliphatic carbocycles. The van der Waals surface area contributed by atoms with Crippen molar-refractivity contribution >= 4 is 39.2 Å². The maximum Gasteiger partial charge on any atom is 0.319 e. The van der Waals surface area contributed by atoms with Gasteiger partial charge >= 0.3 is 6.03 Å². The first kappa shape index (κ1) is 30.7. The number of halogens is 1. The highest BCUT2D eigenvalue weighted by atomic mass is 32.1. The van der Waals surface area contributed by atoms with Crippen LogP contribution in [0.3, 0.4) is 0 Å². The Morgan fingerprint density at radius 2 is 1.77 bits per heavy atom. The molecule has 0 radical (unpaired) electrons. The minimum Gasteiger partial charge on any atom is -0.453 e. The zero-order valence-corrected chi connectivity index (χ0v) is 26.7. The molecule has 3 aromatic heterocycles. The second-order valence-corrected chi connectivity index (χ2v) is 12.9. The molecule has 0 unspecified atom stereocenters. The Bertz CT molecular complexity index is 1890. The van der Waals surface area contributed by atoms with E-state index in [9.17, 15) is 9.59 Å². The molecule has 5 aromatic rings. The van der Waals surface area contributed by atoms with Crippen molar-refractivity contribution in [3.8, 4) is 22.1 Å². The van der Waals surface area contributed by atoms with Crippen LogP contribution in [-0.2, 0) is 6.54 Å². The second-order valence-electron chi connectivity index (χ2n) is 11.9. The number of amides is 3. The molecule has 2 N–H and O–H groups in total. The van der Waals surface area contributed by atoms with Crippen molar-refractivity contribution in [1.29, 1.82) is 0 Å². The van der Waals surface area contributed by atoms with E-state index >= 15 is 4.39 Å². The molecule has 2 fully saturated rings. The molecule has 12 heteroatoms. The maximum absolute atomic E-state index is 15.2. The van der Waals surface area contributed by atoms with Crippen LogP contribution in [0, 0.1) is 5.82 Å². The number of piperazine rings is 1. The average Bonchev–Trinajstić information content (AvgIpc) is 3.51. The van der Waals surface area contributed by atoms with Gasteiger partial charge in [0, 0.05) is 81.6 Å². The fourth-order valence-corrected chi connectivity index (χ4v) is 6.72. The second kappa shape index (κ2) is 13.4. The molecule has 47 heavy (non-hydrogen) atoms. The van der Waals surface area contributed by atoms with Gasteiger partial charge in [0.25, 0.3) is 5.91 Å². The molecular weight excluding hydrogens is 617 g/mol. The van der Waals surface area contributed by atoms with Crippen LogP contribution in [-0.4, -0.2) is 89.0 Å². The lowest BCUT2D eigenvalue weighted by Gasteiger charge is -2.39. The lowest BCUT2D eigenvalue weighted by molar-refractivity contribution is 0.0580. The van der Waals surface area contributed by atoms with Crippen molar-refractivity contribution in [3.05, 3.63) is 102 Å². The van der Waals surface area contributed by atoms with Crippen molar-refractivity contribution in [2.75, 3.05) is 51.6 Å². The SMILES string of the molecule is CN1CCN(Cc2ccc(-c3cc4nccc(Oc5ccc(NC(=O)NC6CN(C(=O)c7ccccc7)C6)cc5F)c4s3)nc2)CC1. The Morgan fingerprint density at radius 3 is 2.51 bits per heavy atom. The van der Waals surface area contributed by atoms with E-state index in [4.69, 9.17) is 9.72 Å². The van der Waals surface area contributed by atoms with Gasteiger partial charge < -0.3 is 25.2 Å². The molecule has 5 heterocycles. The Kier molecular flexibility index (Phi) is 8.79. The third kappa shape index (κ3) is 7.09. The number of anilines is 1. The first-order valence-corrected chi connectivity index (χ1v) is 16.3. The molecule has 0 bridgehead atoms. The number of ether oxygens (including phenoxy) is 1. The Morgan fingerprint density at radius 1 is 0.957 bits per heavy atom. The molecule has 2 saturated heterocycles. The summed E-state index contributed by atoms with van der Waals surface area (Å²) in [4.78, 5) is 41.7. The van der Waals surface area contributed by atoms with Gasteiger partial charge in [0.15, 0.2) is 11.6 Å². The van der Waals surface area contributed by atoms with Crippen LogP contribution in [0.25, 0.3) is 20.8 Å². The number of likely N-dealkylation sites (N-methyl/N-ethyl adjacent to an activating group) is 1. The van der Waals surface area contributed by atoms with E-state index in [0.29, 0.717) is 24.4 Å². The molecule has 0 spiro atoms. The van der Waals surface area contributed by atoms with E-state index in [2.05, 4.69) is 38.5 Å². The Labute approximate surface area is 275 Å². The highest BCUT2D eigenvalue weighted by Gasteiger charge is 2.32. The first-order chi connectivity index (χ1) is 22.9. The topological polar surface area (TPSA) is 103 Å². The van der Waals surface area contributed by atoms with Crippen molar-refractivity contribution in [2.45, 2.75) is 12.6 Å². The number of urea groups is 1. The molecular formula is C35H34FN7O3S. The lowest BCUT2D eigenvalue weighted by Crippen LogP contribution is -2.61. The molecule has 10 nitrogen and oxygen atoms in total. The van der Waals surface area contributed by atoms with Crippen LogP contribution in [0.15, 0.2) is 85.2 Å². The number of hydrogen-bond donors (Lipinski definition) is 2. The fourth-order valence-electron chi connectivity index (χ4n) is 5.68. The van der Waals surface area contributed by atoms with E-state index in [-0.39, 0.29) is 23.4 Å². The van der Waals surface area contributed by atoms with Crippen molar-refractivity contribution in [1.82, 2.24) is 30.0 Å². The van der Waals surface area contributed by atoms with Gasteiger partial charge in [-0.25, -0.2) is 9.18 Å². The highest BCUT2D eigenvalue weighted by molar-refractivity contribution is 7.22. The van der Waals surface area contributed by atoms with Gasteiger partial charge in [-0.05, 0) is 49.0 Å². The smallest absolute Gasteiger partial charge is 0.319 e. The molecule has 2 aliphatic rings. The number of carbonyl (C=O) groups is 2. The normalized spacial score (nSPS) is 15.7. The summed E-state index contributed by atoms with van der Waals surface area (Å²) in [5.74, 6) is -0.186. The number of aromatic nitrogens is 2. The number of nitrogens with zero attached hydrogens (tertiary/aromatic N) is 5. The molecule has 0 saturated carbocycles. The summed E-state index contributed by atoms with van der Waals surface area (Å²) in [5.41, 5.74) is 3.65. The Balaban J connectivity index is 0.953. The van der Waals surface area contributed by atoms with Gasteiger partial charge in [0.1, 0.15) is 5.75 Å². The molecule has 7 rings (SSSR count). The predicted octanol–water partition coefficient (Wildman–Crippen LogP) is 5.68. The standard InChI is InChI=1S/C35H34FN7O3S/c1-41-13-15-42(16-14-41)20-23-7-9-28(38-19-23)32-18-29-33(47-32)31(11-12-37-29)46-30-10-8-25(17-27(30)36)39-35(45)40-26-21-43(22-26)34(44)24-5-3-2-4-6-24/h2-12,17-19,26H,13-16,20-22H2,1H3,(H2,39,40,45). The van der Waals surface area contributed by atoms with Crippen molar-refractivity contribution < 1.29 is 18.7 Å². The lowest BCUT2D eigenvalue weighted by atomic mass is 10.1. The average molecular weight is 652 g/mol. The molecule has 3 amide bonds. The summed E-state index contributed by atoms with van der Waals surface area (Å²) in [6, 6.07) is 20.5. The van der Waals surface area contributed by atoms with Crippen molar-refractivity contribution in [3.63, 3.8) is 0 Å². The quantitative estimate of drug-likeness (QED) is 0.223. The zero-order chi connectivity index (χ0) is 32.3. The molecule has 2 aromatic carbocycles. The molecule has 2 aliphatic heterocycles. The largest absolute Gasteiger partial charge is 0.453 e. The Hall–Kier alpha value is -4.91. The summed E-state index contributed by atoms with van der Waals surface area (Å²) < 4.78 is 21.9. The van der Waals surface area contributed by atoms with Gasteiger partial charge in [-0.3, -0.25) is 19.7 Å². The first-order valence-electron chi connectivity index (χ1n) is 15.5. The number of thiophene rings is 1. The number of nitrogens with one attached hydrogen (secondary N) is 2. The summed E-state index contributed by atoms with van der Waals surface area (Å²) >= 11 is 1.49. The molecule has 0 atom stereocenters. The fraction of sp³-hybridized carbons (Fsp3) is 0.257. The van der Waals surface area contributed by atoms with Crippen molar-refractivity contribution in [2.24, 2.45) is 0 Å². The number of pyridine rings is 2.